The van der Waals surface area contributed by atoms with E-state index in [4.69, 9.17) is 0 Å². The van der Waals surface area contributed by atoms with Crippen LogP contribution in [-0.2, 0) is 0 Å². The second kappa shape index (κ2) is 15.6. The lowest BCUT2D eigenvalue weighted by Gasteiger charge is -2.28. The molecule has 0 spiro atoms. The van der Waals surface area contributed by atoms with Gasteiger partial charge in [-0.2, -0.15) is 0 Å². The van der Waals surface area contributed by atoms with Crippen LogP contribution >= 0.6 is 8.73 Å². The average Bonchev–Trinajstić information content (AvgIpc) is 3.22. The predicted molar refractivity (Wildman–Crippen MR) is 230 cm³/mol. The van der Waals surface area contributed by atoms with Crippen LogP contribution in [0.5, 0.6) is 0 Å². The molecule has 0 amide bonds. The highest BCUT2D eigenvalue weighted by Gasteiger charge is 2.17. The number of aryl methyl sites for hydroxylation is 2. The van der Waals surface area contributed by atoms with Gasteiger partial charge in [-0.25, -0.2) is 0 Å². The summed E-state index contributed by atoms with van der Waals surface area (Å²) in [6, 6.07) is 72.4. The Morgan fingerprint density at radius 3 is 1.36 bits per heavy atom. The van der Waals surface area contributed by atoms with Gasteiger partial charge in [0, 0.05) is 20.1 Å². The summed E-state index contributed by atoms with van der Waals surface area (Å²) in [6.45, 7) is 4.27. The number of hydrogen-bond acceptors (Lipinski definition) is 2. The second-order valence-corrected chi connectivity index (χ2v) is 14.7. The Bertz CT molecular complexity index is 2350. The first kappa shape index (κ1) is 33.9. The van der Waals surface area contributed by atoms with Gasteiger partial charge in [-0.1, -0.05) is 145 Å². The van der Waals surface area contributed by atoms with Gasteiger partial charge < -0.3 is 9.99 Å². The number of hydrogen-bond donors (Lipinski definition) is 1. The van der Waals surface area contributed by atoms with E-state index in [-0.39, 0.29) is 0 Å². The Morgan fingerprint density at radius 2 is 0.811 bits per heavy atom. The van der Waals surface area contributed by atoms with Gasteiger partial charge in [-0.05, 0) is 130 Å². The van der Waals surface area contributed by atoms with E-state index in [0.717, 1.165) is 22.7 Å². The van der Waals surface area contributed by atoms with Crippen molar-refractivity contribution in [2.24, 2.45) is 0 Å². The summed E-state index contributed by atoms with van der Waals surface area (Å²) in [5.74, 6) is 0. The monoisotopic (exact) mass is 700 g/mol. The molecule has 8 rings (SSSR count). The van der Waals surface area contributed by atoms with Gasteiger partial charge in [0.2, 0.25) is 0 Å². The molecule has 0 fully saturated rings. The predicted octanol–water partition coefficient (Wildman–Crippen LogP) is 13.8. The smallest absolute Gasteiger partial charge is 0.0684 e. The van der Waals surface area contributed by atoms with Crippen LogP contribution in [0.15, 0.2) is 200 Å². The molecular weight excluding hydrogens is 660 g/mol. The van der Waals surface area contributed by atoms with Crippen LogP contribution in [0.25, 0.3) is 44.5 Å². The van der Waals surface area contributed by atoms with Crippen molar-refractivity contribution in [1.82, 2.24) is 0 Å². The van der Waals surface area contributed by atoms with E-state index in [1.54, 1.807) is 0 Å². The minimum Gasteiger partial charge on any atom is -0.354 e. The van der Waals surface area contributed by atoms with Gasteiger partial charge in [0.1, 0.15) is 0 Å². The average molecular weight is 701 g/mol. The van der Waals surface area contributed by atoms with Crippen LogP contribution in [0.3, 0.4) is 0 Å². The molecule has 0 aliphatic heterocycles. The lowest BCUT2D eigenvalue weighted by Crippen LogP contribution is -2.13. The Morgan fingerprint density at radius 1 is 0.377 bits per heavy atom. The van der Waals surface area contributed by atoms with Crippen LogP contribution in [0.4, 0.5) is 22.7 Å². The van der Waals surface area contributed by atoms with Crippen molar-refractivity contribution in [3.8, 4) is 44.5 Å². The van der Waals surface area contributed by atoms with E-state index in [9.17, 15) is 0 Å². The fourth-order valence-electron chi connectivity index (χ4n) is 6.70. The van der Waals surface area contributed by atoms with Crippen molar-refractivity contribution in [3.63, 3.8) is 0 Å². The van der Waals surface area contributed by atoms with Gasteiger partial charge in [0.05, 0.1) is 11.4 Å². The molecule has 1 N–H and O–H groups in total. The fraction of sp³-hybridized carbons (Fsp3) is 0.0400. The molecule has 0 saturated heterocycles. The van der Waals surface area contributed by atoms with E-state index < -0.39 is 0 Å². The molecule has 0 saturated carbocycles. The standard InChI is InChI=1S/C50H41N2P/c1-36-23-27-46(28-24-36)51-49-21-9-10-22-50(49)52(47-29-25-37(2)26-30-47)53-48-34-44(42-19-11-17-40(31-42)38-13-5-3-6-14-38)33-45(35-48)43-20-12-18-41(32-43)39-15-7-4-8-16-39/h3-35,51,53H,1-2H3. The minimum atomic E-state index is 0.318. The quantitative estimate of drug-likeness (QED) is 0.143. The molecule has 0 radical (unpaired) electrons. The van der Waals surface area contributed by atoms with E-state index in [0.29, 0.717) is 8.73 Å². The maximum atomic E-state index is 3.73. The number of rotatable bonds is 10. The van der Waals surface area contributed by atoms with E-state index in [1.807, 2.05) is 0 Å². The number of benzene rings is 8. The van der Waals surface area contributed by atoms with Crippen LogP contribution in [0.1, 0.15) is 11.1 Å². The van der Waals surface area contributed by atoms with Gasteiger partial charge in [-0.3, -0.25) is 0 Å². The maximum absolute atomic E-state index is 3.73. The summed E-state index contributed by atoms with van der Waals surface area (Å²) in [5, 5.41) is 4.98. The van der Waals surface area contributed by atoms with Gasteiger partial charge >= 0.3 is 0 Å². The second-order valence-electron chi connectivity index (χ2n) is 13.5. The van der Waals surface area contributed by atoms with Crippen LogP contribution < -0.4 is 15.3 Å². The normalized spacial score (nSPS) is 11.1. The molecule has 256 valence electrons. The SMILES string of the molecule is Cc1ccc(Nc2ccccc2N(Pc2cc(-c3cccc(-c4ccccc4)c3)cc(-c3cccc(-c4ccccc4)c3)c2)c2ccc(C)cc2)cc1. The topological polar surface area (TPSA) is 15.3 Å². The largest absolute Gasteiger partial charge is 0.354 e. The molecule has 2 nitrogen and oxygen atoms in total. The molecule has 0 bridgehead atoms. The third-order valence-corrected chi connectivity index (χ3v) is 10.8. The van der Waals surface area contributed by atoms with Gasteiger partial charge in [0.15, 0.2) is 0 Å². The van der Waals surface area contributed by atoms with Gasteiger partial charge in [-0.15, -0.1) is 0 Å². The van der Waals surface area contributed by atoms with Crippen molar-refractivity contribution in [2.45, 2.75) is 13.8 Å². The Balaban J connectivity index is 1.26. The van der Waals surface area contributed by atoms with Crippen LogP contribution in [0.2, 0.25) is 0 Å². The molecule has 8 aromatic rings. The summed E-state index contributed by atoms with van der Waals surface area (Å²) in [6.07, 6.45) is 0. The number of anilines is 4. The Kier molecular flexibility index (Phi) is 9.97. The fourth-order valence-corrected chi connectivity index (χ4v) is 7.99. The lowest BCUT2D eigenvalue weighted by atomic mass is 9.95. The highest BCUT2D eigenvalue weighted by atomic mass is 31.1. The number of nitrogens with zero attached hydrogens (tertiary/aromatic N) is 1. The molecule has 53 heavy (non-hydrogen) atoms. The molecule has 3 heteroatoms. The van der Waals surface area contributed by atoms with Crippen LogP contribution in [0, 0.1) is 13.8 Å². The first-order chi connectivity index (χ1) is 26.1. The zero-order chi connectivity index (χ0) is 36.0. The molecule has 8 aromatic carbocycles. The van der Waals surface area contributed by atoms with Crippen molar-refractivity contribution < 1.29 is 0 Å². The summed E-state index contributed by atoms with van der Waals surface area (Å²) in [4.78, 5) is 0. The number of para-hydroxylation sites is 2. The lowest BCUT2D eigenvalue weighted by molar-refractivity contribution is 1.38. The third-order valence-electron chi connectivity index (χ3n) is 9.55. The minimum absolute atomic E-state index is 0.318. The highest BCUT2D eigenvalue weighted by Crippen LogP contribution is 2.42. The van der Waals surface area contributed by atoms with E-state index in [2.05, 4.69) is 224 Å². The maximum Gasteiger partial charge on any atom is 0.0684 e. The summed E-state index contributed by atoms with van der Waals surface area (Å²) in [5.41, 5.74) is 16.5. The summed E-state index contributed by atoms with van der Waals surface area (Å²) < 4.78 is 2.46. The molecule has 0 aromatic heterocycles. The molecule has 1 atom stereocenters. The van der Waals surface area contributed by atoms with E-state index in [1.165, 1.54) is 60.9 Å². The van der Waals surface area contributed by atoms with Crippen molar-refractivity contribution >= 4 is 36.8 Å². The zero-order valence-corrected chi connectivity index (χ0v) is 31.0. The molecule has 1 unspecified atom stereocenters. The first-order valence-corrected chi connectivity index (χ1v) is 19.0. The molecular formula is C50H41N2P. The Hall–Kier alpha value is -6.21. The first-order valence-electron chi connectivity index (χ1n) is 18.1. The van der Waals surface area contributed by atoms with Crippen molar-refractivity contribution in [1.29, 1.82) is 0 Å². The molecule has 0 aliphatic carbocycles. The van der Waals surface area contributed by atoms with Crippen molar-refractivity contribution in [3.05, 3.63) is 211 Å². The highest BCUT2D eigenvalue weighted by molar-refractivity contribution is 7.49. The van der Waals surface area contributed by atoms with Crippen LogP contribution in [-0.4, -0.2) is 0 Å². The Labute approximate surface area is 315 Å². The molecule has 0 heterocycles. The van der Waals surface area contributed by atoms with E-state index >= 15 is 0 Å². The third kappa shape index (κ3) is 8.00. The molecule has 0 aliphatic rings. The van der Waals surface area contributed by atoms with Gasteiger partial charge in [0.25, 0.3) is 0 Å². The van der Waals surface area contributed by atoms with Crippen molar-refractivity contribution in [2.75, 3.05) is 9.99 Å². The summed E-state index contributed by atoms with van der Waals surface area (Å²) in [7, 11) is 0.318. The zero-order valence-electron chi connectivity index (χ0n) is 30.0. The number of nitrogens with one attached hydrogen (secondary N) is 1. The summed E-state index contributed by atoms with van der Waals surface area (Å²) >= 11 is 0.